The molecule has 0 saturated carbocycles. The van der Waals surface area contributed by atoms with Crippen LogP contribution in [0.4, 0.5) is 0 Å². The molecule has 9 atom stereocenters. The maximum absolute atomic E-state index is 14.4. The fourth-order valence-corrected chi connectivity index (χ4v) is 8.05. The highest BCUT2D eigenvalue weighted by Crippen LogP contribution is 2.30. The Balaban J connectivity index is 2.30. The molecule has 1 aromatic rings. The highest BCUT2D eigenvalue weighted by atomic mass is 16.5. The van der Waals surface area contributed by atoms with Crippen LogP contribution >= 0.6 is 0 Å². The van der Waals surface area contributed by atoms with Crippen LogP contribution in [0.25, 0.3) is 0 Å². The molecule has 56 heavy (non-hydrogen) atoms. The van der Waals surface area contributed by atoms with Crippen LogP contribution < -0.4 is 10.6 Å². The molecule has 0 spiro atoms. The largest absolute Gasteiger partial charge is 0.467 e. The number of likely N-dealkylation sites (tertiary alicyclic amines) is 1. The fourth-order valence-electron chi connectivity index (χ4n) is 8.05. The average molecular weight is 788 g/mol. The molecule has 1 fully saturated rings. The molecule has 0 radical (unpaired) electrons. The summed E-state index contributed by atoms with van der Waals surface area (Å²) >= 11 is 0. The predicted octanol–water partition coefficient (Wildman–Crippen LogP) is 4.31. The zero-order chi connectivity index (χ0) is 42.4. The van der Waals surface area contributed by atoms with E-state index in [9.17, 15) is 24.0 Å². The monoisotopic (exact) mass is 788 g/mol. The van der Waals surface area contributed by atoms with Crippen molar-refractivity contribution in [2.75, 3.05) is 42.0 Å². The molecule has 1 heterocycles. The lowest BCUT2D eigenvalue weighted by molar-refractivity contribution is -0.149. The van der Waals surface area contributed by atoms with Crippen molar-refractivity contribution in [3.05, 3.63) is 35.9 Å². The number of rotatable bonds is 22. The number of carbonyl (C=O) groups excluding carboxylic acids is 5. The summed E-state index contributed by atoms with van der Waals surface area (Å²) in [5, 5.41) is 5.95. The van der Waals surface area contributed by atoms with E-state index in [1.54, 1.807) is 30.9 Å². The normalized spacial score (nSPS) is 18.9. The lowest BCUT2D eigenvalue weighted by Crippen LogP contribution is -2.60. The molecule has 0 bridgehead atoms. The number of nitrogens with zero attached hydrogens (tertiary/aromatic N) is 3. The van der Waals surface area contributed by atoms with Gasteiger partial charge in [0.25, 0.3) is 0 Å². The number of likely N-dealkylation sites (N-methyl/N-ethyl adjacent to an activating group) is 2. The second-order valence-electron chi connectivity index (χ2n) is 16.5. The lowest BCUT2D eigenvalue weighted by Gasteiger charge is -2.41. The highest BCUT2D eigenvalue weighted by Gasteiger charge is 2.43. The number of hydrogen-bond donors (Lipinski definition) is 2. The summed E-state index contributed by atoms with van der Waals surface area (Å²) in [5.74, 6) is -2.42. The van der Waals surface area contributed by atoms with Gasteiger partial charge in [-0.1, -0.05) is 85.2 Å². The van der Waals surface area contributed by atoms with Gasteiger partial charge in [-0.15, -0.1) is 0 Å². The number of ether oxygens (including phenoxy) is 3. The zero-order valence-electron chi connectivity index (χ0n) is 36.7. The number of carbonyl (C=O) groups is 5. The van der Waals surface area contributed by atoms with Crippen molar-refractivity contribution in [3.8, 4) is 0 Å². The van der Waals surface area contributed by atoms with Crippen molar-refractivity contribution in [1.82, 2.24) is 25.3 Å². The average Bonchev–Trinajstić information content (AvgIpc) is 3.65. The predicted molar refractivity (Wildman–Crippen MR) is 219 cm³/mol. The van der Waals surface area contributed by atoms with Gasteiger partial charge in [-0.3, -0.25) is 24.1 Å². The Morgan fingerprint density at radius 2 is 1.48 bits per heavy atom. The van der Waals surface area contributed by atoms with Gasteiger partial charge in [0.2, 0.25) is 23.6 Å². The van der Waals surface area contributed by atoms with Gasteiger partial charge in [0.15, 0.2) is 0 Å². The molecular weight excluding hydrogens is 714 g/mol. The molecule has 2 rings (SSSR count). The third-order valence-electron chi connectivity index (χ3n) is 11.7. The van der Waals surface area contributed by atoms with Crippen LogP contribution in [-0.2, 0) is 44.6 Å². The van der Waals surface area contributed by atoms with Crippen molar-refractivity contribution in [1.29, 1.82) is 0 Å². The number of nitrogens with one attached hydrogen (secondary N) is 2. The van der Waals surface area contributed by atoms with E-state index in [-0.39, 0.29) is 60.3 Å². The van der Waals surface area contributed by atoms with E-state index in [1.165, 1.54) is 14.2 Å². The van der Waals surface area contributed by atoms with Gasteiger partial charge in [-0.2, -0.15) is 0 Å². The molecule has 0 aromatic heterocycles. The Kier molecular flexibility index (Phi) is 20.0. The lowest BCUT2D eigenvalue weighted by atomic mass is 9.89. The zero-order valence-corrected chi connectivity index (χ0v) is 36.7. The summed E-state index contributed by atoms with van der Waals surface area (Å²) in [6, 6.07) is 6.58. The van der Waals surface area contributed by atoms with Crippen LogP contribution in [0.5, 0.6) is 0 Å². The number of methoxy groups -OCH3 is 3. The molecule has 13 nitrogen and oxygen atoms in total. The maximum atomic E-state index is 14.4. The fraction of sp³-hybridized carbons (Fsp3) is 0.744. The summed E-state index contributed by atoms with van der Waals surface area (Å²) < 4.78 is 17.0. The third kappa shape index (κ3) is 12.7. The van der Waals surface area contributed by atoms with Crippen molar-refractivity contribution in [2.24, 2.45) is 23.7 Å². The summed E-state index contributed by atoms with van der Waals surface area (Å²) in [5.41, 5.74) is 0.876. The van der Waals surface area contributed by atoms with E-state index in [2.05, 4.69) is 10.6 Å². The molecule has 13 heteroatoms. The molecular formula is C43H73N5O8. The summed E-state index contributed by atoms with van der Waals surface area (Å²) in [4.78, 5) is 74.2. The van der Waals surface area contributed by atoms with Crippen LogP contribution in [0.1, 0.15) is 93.6 Å². The maximum Gasteiger partial charge on any atom is 0.328 e. The Morgan fingerprint density at radius 1 is 0.857 bits per heavy atom. The smallest absolute Gasteiger partial charge is 0.328 e. The number of hydrogen-bond acceptors (Lipinski definition) is 9. The Morgan fingerprint density at radius 3 is 1.98 bits per heavy atom. The molecule has 318 valence electrons. The minimum atomic E-state index is -0.891. The van der Waals surface area contributed by atoms with E-state index < -0.39 is 54.3 Å². The molecule has 4 amide bonds. The first-order valence-corrected chi connectivity index (χ1v) is 20.4. The Labute approximate surface area is 336 Å². The Bertz CT molecular complexity index is 1410. The molecule has 1 unspecified atom stereocenters. The van der Waals surface area contributed by atoms with E-state index >= 15 is 0 Å². The van der Waals surface area contributed by atoms with Crippen LogP contribution in [0.2, 0.25) is 0 Å². The molecule has 1 aliphatic rings. The van der Waals surface area contributed by atoms with E-state index in [1.807, 2.05) is 97.7 Å². The van der Waals surface area contributed by atoms with Crippen molar-refractivity contribution in [2.45, 2.75) is 143 Å². The topological polar surface area (TPSA) is 147 Å². The minimum absolute atomic E-state index is 0.00540. The molecule has 2 N–H and O–H groups in total. The Hall–Kier alpha value is -3.55. The first kappa shape index (κ1) is 48.6. The van der Waals surface area contributed by atoms with Crippen molar-refractivity contribution < 1.29 is 38.2 Å². The first-order chi connectivity index (χ1) is 26.4. The second kappa shape index (κ2) is 23.0. The van der Waals surface area contributed by atoms with Crippen LogP contribution in [0.15, 0.2) is 30.3 Å². The third-order valence-corrected chi connectivity index (χ3v) is 11.7. The van der Waals surface area contributed by atoms with Crippen LogP contribution in [-0.4, -0.2) is 135 Å². The van der Waals surface area contributed by atoms with Gasteiger partial charge in [0.05, 0.1) is 49.8 Å². The molecule has 1 aliphatic heterocycles. The van der Waals surface area contributed by atoms with E-state index in [0.29, 0.717) is 13.0 Å². The standard InChI is InChI=1S/C43H73N5O8/c1-15-29(8)38(47(11)42(52)36(26(2)3)45-41(51)37(27(4)5)46(10)28(6)7)34(54-12)25-35(49)48-23-19-22-33(48)39(55-13)30(9)40(50)44-32(43(53)56-14)24-31-20-17-16-18-21-31/h16-18,20-21,26-30,32-34,36-39H,15,19,22-25H2,1-14H3,(H,44,50)(H,45,51)/t29-,30+,32-,33-,34?,36-,37-,38-,39+/m0/s1. The molecule has 1 aromatic carbocycles. The quantitative estimate of drug-likeness (QED) is 0.164. The highest BCUT2D eigenvalue weighted by molar-refractivity contribution is 5.90. The summed E-state index contributed by atoms with van der Waals surface area (Å²) in [7, 11) is 8.04. The van der Waals surface area contributed by atoms with Gasteiger partial charge < -0.3 is 34.6 Å². The number of benzene rings is 1. The van der Waals surface area contributed by atoms with Gasteiger partial charge in [-0.05, 0) is 57.1 Å². The minimum Gasteiger partial charge on any atom is -0.467 e. The van der Waals surface area contributed by atoms with Gasteiger partial charge in [-0.25, -0.2) is 4.79 Å². The van der Waals surface area contributed by atoms with Crippen LogP contribution in [0.3, 0.4) is 0 Å². The molecule has 0 aliphatic carbocycles. The van der Waals surface area contributed by atoms with Gasteiger partial charge >= 0.3 is 5.97 Å². The SMILES string of the molecule is CC[C@H](C)[C@@H](C(CC(=O)N1CCC[C@H]1[C@H](OC)[C@@H](C)C(=O)N[C@@H](Cc1ccccc1)C(=O)OC)OC)N(C)C(=O)[C@@H](NC(=O)[C@H](C(C)C)N(C)C(C)C)C(C)C. The van der Waals surface area contributed by atoms with Crippen molar-refractivity contribution >= 4 is 29.6 Å². The first-order valence-electron chi connectivity index (χ1n) is 20.4. The van der Waals surface area contributed by atoms with E-state index in [4.69, 9.17) is 14.2 Å². The van der Waals surface area contributed by atoms with Crippen LogP contribution in [0, 0.1) is 23.7 Å². The number of esters is 1. The van der Waals surface area contributed by atoms with Gasteiger partial charge in [0.1, 0.15) is 12.1 Å². The summed E-state index contributed by atoms with van der Waals surface area (Å²) in [6.45, 7) is 18.2. The number of amides is 4. The van der Waals surface area contributed by atoms with Gasteiger partial charge in [0, 0.05) is 40.3 Å². The second-order valence-corrected chi connectivity index (χ2v) is 16.5. The summed E-state index contributed by atoms with van der Waals surface area (Å²) in [6.07, 6.45) is 1.07. The van der Waals surface area contributed by atoms with E-state index in [0.717, 1.165) is 18.4 Å². The van der Waals surface area contributed by atoms with Crippen molar-refractivity contribution in [3.63, 3.8) is 0 Å². The molecule has 1 saturated heterocycles.